The summed E-state index contributed by atoms with van der Waals surface area (Å²) in [5.41, 5.74) is 10.9. The minimum absolute atomic E-state index is 0.147. The Balaban J connectivity index is 1.18. The number of hydrogen-bond donors (Lipinski definition) is 0. The maximum Gasteiger partial charge on any atom is 0.238 e. The molecule has 0 saturated heterocycles. The monoisotopic (exact) mass is 796 g/mol. The second-order valence-electron chi connectivity index (χ2n) is 15.3. The van der Waals surface area contributed by atoms with Gasteiger partial charge in [-0.15, -0.1) is 0 Å². The molecule has 0 unspecified atom stereocenters. The van der Waals surface area contributed by atoms with Crippen LogP contribution in [0.1, 0.15) is 6.85 Å². The predicted octanol–water partition coefficient (Wildman–Crippen LogP) is 14.4. The van der Waals surface area contributed by atoms with Gasteiger partial charge in [0.2, 0.25) is 5.95 Å². The van der Waals surface area contributed by atoms with E-state index in [1.807, 2.05) is 109 Å². The van der Waals surface area contributed by atoms with Gasteiger partial charge in [-0.2, -0.15) is 9.97 Å². The van der Waals surface area contributed by atoms with E-state index in [9.17, 15) is 0 Å². The van der Waals surface area contributed by atoms with E-state index < -0.39 is 6.04 Å². The second kappa shape index (κ2) is 14.7. The fourth-order valence-electron chi connectivity index (χ4n) is 8.84. The van der Waals surface area contributed by atoms with Crippen molar-refractivity contribution in [3.63, 3.8) is 0 Å². The Morgan fingerprint density at radius 2 is 0.806 bits per heavy atom. The van der Waals surface area contributed by atoms with Crippen LogP contribution in [0.5, 0.6) is 0 Å². The highest BCUT2D eigenvalue weighted by molar-refractivity contribution is 6.24. The summed E-state index contributed by atoms with van der Waals surface area (Å²) in [5.74, 6) is 1.55. The lowest BCUT2D eigenvalue weighted by Gasteiger charge is -2.17. The Labute approximate surface area is 365 Å². The van der Waals surface area contributed by atoms with E-state index in [1.165, 1.54) is 0 Å². The van der Waals surface area contributed by atoms with Crippen molar-refractivity contribution in [1.29, 1.82) is 0 Å². The molecular formula is C57H37N5. The molecule has 0 spiro atoms. The SMILES string of the molecule is [2H]c1c([2H])c([2H])c(-c2ccc(-n3c4ccccc4c4ccc5c6ccccc6n(-c6nc(-c7ccccc7)nc(-c7ccc(-c8ccccc8)cc7)n6)c5c43)c(-c3ccccc3)c2)c([2H])c1[2H]. The van der Waals surface area contributed by atoms with Crippen LogP contribution in [0.2, 0.25) is 0 Å². The summed E-state index contributed by atoms with van der Waals surface area (Å²) in [6.07, 6.45) is 0. The van der Waals surface area contributed by atoms with Crippen molar-refractivity contribution in [2.24, 2.45) is 0 Å². The third-order valence-electron chi connectivity index (χ3n) is 11.7. The van der Waals surface area contributed by atoms with Crippen LogP contribution in [0, 0.1) is 0 Å². The lowest BCUT2D eigenvalue weighted by atomic mass is 9.97. The van der Waals surface area contributed by atoms with Gasteiger partial charge < -0.3 is 4.57 Å². The molecule has 12 aromatic rings. The molecule has 0 aliphatic carbocycles. The van der Waals surface area contributed by atoms with Crippen LogP contribution >= 0.6 is 0 Å². The predicted molar refractivity (Wildman–Crippen MR) is 256 cm³/mol. The fraction of sp³-hybridized carbons (Fsp3) is 0. The van der Waals surface area contributed by atoms with E-state index in [4.69, 9.17) is 21.8 Å². The average Bonchev–Trinajstić information content (AvgIpc) is 3.91. The molecule has 12 rings (SSSR count). The molecular weight excluding hydrogens is 755 g/mol. The molecule has 0 N–H and O–H groups in total. The van der Waals surface area contributed by atoms with E-state index >= 15 is 0 Å². The van der Waals surface area contributed by atoms with Crippen LogP contribution in [0.25, 0.3) is 111 Å². The van der Waals surface area contributed by atoms with Gasteiger partial charge in [-0.25, -0.2) is 4.98 Å². The standard InChI is InChI=1S/C57H37N5/c1-5-17-38(18-6-1)40-29-31-43(32-30-40)56-58-55(42-23-11-4-12-24-42)59-57(60-56)62-51-28-16-14-26-46(51)48-35-34-47-45-25-13-15-27-50(45)61(53(47)54(48)62)52-36-33-44(39-19-7-2-8-20-39)37-49(52)41-21-9-3-10-22-41/h1-37H/i2D,7D,8D,19D,20D. The number of hydrogen-bond acceptors (Lipinski definition) is 3. The molecule has 0 radical (unpaired) electrons. The number of benzene rings is 9. The Kier molecular flexibility index (Phi) is 7.25. The summed E-state index contributed by atoms with van der Waals surface area (Å²) in [7, 11) is 0. The summed E-state index contributed by atoms with van der Waals surface area (Å²) in [6.45, 7) is 0. The first-order chi connectivity index (χ1) is 32.8. The molecule has 290 valence electrons. The minimum atomic E-state index is -0.425. The first-order valence-corrected chi connectivity index (χ1v) is 20.5. The number of fused-ring (bicyclic) bond motifs is 7. The number of aromatic nitrogens is 5. The first kappa shape index (κ1) is 30.6. The summed E-state index contributed by atoms with van der Waals surface area (Å²) in [4.78, 5) is 15.7. The second-order valence-corrected chi connectivity index (χ2v) is 15.3. The Bertz CT molecular complexity index is 3880. The lowest BCUT2D eigenvalue weighted by Crippen LogP contribution is -2.07. The number of rotatable bonds is 7. The van der Waals surface area contributed by atoms with E-state index in [0.717, 1.165) is 82.7 Å². The normalized spacial score (nSPS) is 12.7. The van der Waals surface area contributed by atoms with Crippen molar-refractivity contribution in [1.82, 2.24) is 24.1 Å². The van der Waals surface area contributed by atoms with Crippen molar-refractivity contribution in [3.8, 4) is 67.8 Å². The maximum absolute atomic E-state index is 8.89. The van der Waals surface area contributed by atoms with Gasteiger partial charge in [0.1, 0.15) is 0 Å². The van der Waals surface area contributed by atoms with Gasteiger partial charge in [0.05, 0.1) is 34.6 Å². The molecule has 0 fully saturated rings. The number of para-hydroxylation sites is 2. The van der Waals surface area contributed by atoms with Gasteiger partial charge in [0.15, 0.2) is 11.6 Å². The molecule has 0 amide bonds. The molecule has 0 atom stereocenters. The zero-order valence-electron chi connectivity index (χ0n) is 38.2. The molecule has 62 heavy (non-hydrogen) atoms. The fourth-order valence-corrected chi connectivity index (χ4v) is 8.84. The zero-order chi connectivity index (χ0) is 45.3. The summed E-state index contributed by atoms with van der Waals surface area (Å²) in [5, 5.41) is 4.12. The highest BCUT2D eigenvalue weighted by Gasteiger charge is 2.24. The van der Waals surface area contributed by atoms with Gasteiger partial charge in [0, 0.05) is 38.2 Å². The molecule has 5 nitrogen and oxygen atoms in total. The van der Waals surface area contributed by atoms with Crippen molar-refractivity contribution >= 4 is 43.6 Å². The van der Waals surface area contributed by atoms with Gasteiger partial charge in [-0.05, 0) is 52.1 Å². The Morgan fingerprint density at radius 3 is 1.44 bits per heavy atom. The van der Waals surface area contributed by atoms with Gasteiger partial charge >= 0.3 is 0 Å². The summed E-state index contributed by atoms with van der Waals surface area (Å²) in [6, 6.07) is 63.9. The van der Waals surface area contributed by atoms with Crippen LogP contribution in [0.15, 0.2) is 224 Å². The zero-order valence-corrected chi connectivity index (χ0v) is 33.2. The van der Waals surface area contributed by atoms with Gasteiger partial charge in [-0.3, -0.25) is 4.57 Å². The quantitative estimate of drug-likeness (QED) is 0.161. The van der Waals surface area contributed by atoms with E-state index in [0.29, 0.717) is 23.2 Å². The third kappa shape index (κ3) is 5.90. The van der Waals surface area contributed by atoms with Crippen LogP contribution in [0.3, 0.4) is 0 Å². The average molecular weight is 797 g/mol. The molecule has 5 heteroatoms. The van der Waals surface area contributed by atoms with Crippen LogP contribution in [0.4, 0.5) is 0 Å². The molecule has 0 bridgehead atoms. The summed E-state index contributed by atoms with van der Waals surface area (Å²) < 4.78 is 47.5. The van der Waals surface area contributed by atoms with Gasteiger partial charge in [0.25, 0.3) is 0 Å². The van der Waals surface area contributed by atoms with Crippen molar-refractivity contribution < 1.29 is 6.85 Å². The van der Waals surface area contributed by atoms with Gasteiger partial charge in [-0.1, -0.05) is 200 Å². The van der Waals surface area contributed by atoms with Crippen LogP contribution in [-0.2, 0) is 0 Å². The minimum Gasteiger partial charge on any atom is -0.307 e. The molecule has 0 saturated carbocycles. The maximum atomic E-state index is 8.89. The smallest absolute Gasteiger partial charge is 0.238 e. The van der Waals surface area contributed by atoms with Crippen LogP contribution in [-0.4, -0.2) is 24.1 Å². The molecule has 0 aliphatic rings. The van der Waals surface area contributed by atoms with Crippen molar-refractivity contribution in [2.75, 3.05) is 0 Å². The van der Waals surface area contributed by atoms with Crippen molar-refractivity contribution in [2.45, 2.75) is 0 Å². The number of nitrogens with zero attached hydrogens (tertiary/aromatic N) is 5. The van der Waals surface area contributed by atoms with Crippen LogP contribution < -0.4 is 0 Å². The first-order valence-electron chi connectivity index (χ1n) is 23.0. The highest BCUT2D eigenvalue weighted by atomic mass is 15.2. The van der Waals surface area contributed by atoms with E-state index in [2.05, 4.69) is 94.1 Å². The molecule has 0 aliphatic heterocycles. The Hall–Kier alpha value is -8.41. The highest BCUT2D eigenvalue weighted by Crippen LogP contribution is 2.44. The molecule has 9 aromatic carbocycles. The van der Waals surface area contributed by atoms with Crippen molar-refractivity contribution in [3.05, 3.63) is 224 Å². The largest absolute Gasteiger partial charge is 0.307 e. The topological polar surface area (TPSA) is 48.5 Å². The van der Waals surface area contributed by atoms with E-state index in [1.54, 1.807) is 0 Å². The lowest BCUT2D eigenvalue weighted by molar-refractivity contribution is 0.953. The third-order valence-corrected chi connectivity index (χ3v) is 11.7. The Morgan fingerprint density at radius 1 is 0.339 bits per heavy atom. The summed E-state index contributed by atoms with van der Waals surface area (Å²) >= 11 is 0. The van der Waals surface area contributed by atoms with E-state index in [-0.39, 0.29) is 29.7 Å². The molecule has 3 heterocycles. The molecule has 3 aromatic heterocycles.